The lowest BCUT2D eigenvalue weighted by Crippen LogP contribution is -2.32. The Bertz CT molecular complexity index is 431. The van der Waals surface area contributed by atoms with Gasteiger partial charge in [0.05, 0.1) is 12.2 Å². The molecule has 0 atom stereocenters. The summed E-state index contributed by atoms with van der Waals surface area (Å²) in [6, 6.07) is 0.527. The Balaban J connectivity index is 2.01. The first-order chi connectivity index (χ1) is 9.95. The summed E-state index contributed by atoms with van der Waals surface area (Å²) in [7, 11) is 0. The van der Waals surface area contributed by atoms with Crippen LogP contribution in [0.25, 0.3) is 0 Å². The molecule has 1 aromatic rings. The summed E-state index contributed by atoms with van der Waals surface area (Å²) in [5.41, 5.74) is 1.30. The number of nitrogens with zero attached hydrogens (tertiary/aromatic N) is 2. The molecule has 0 aliphatic carbocycles. The van der Waals surface area contributed by atoms with Gasteiger partial charge in [0.25, 0.3) is 0 Å². The molecule has 1 fully saturated rings. The van der Waals surface area contributed by atoms with Crippen molar-refractivity contribution in [3.63, 3.8) is 0 Å². The average Bonchev–Trinajstić information content (AvgIpc) is 2.82. The summed E-state index contributed by atoms with van der Waals surface area (Å²) >= 11 is 1.91. The van der Waals surface area contributed by atoms with E-state index in [0.717, 1.165) is 19.0 Å². The second kappa shape index (κ2) is 7.70. The summed E-state index contributed by atoms with van der Waals surface area (Å²) < 4.78 is 0. The van der Waals surface area contributed by atoms with Gasteiger partial charge in [0.15, 0.2) is 0 Å². The SMILES string of the molecule is CC1CCN(Cc2nc(C(C)C)c(CNC(C)C)s2)CC1. The third-order valence-corrected chi connectivity index (χ3v) is 5.28. The van der Waals surface area contributed by atoms with Gasteiger partial charge in [-0.2, -0.15) is 0 Å². The smallest absolute Gasteiger partial charge is 0.107 e. The van der Waals surface area contributed by atoms with E-state index < -0.39 is 0 Å². The monoisotopic (exact) mass is 309 g/mol. The number of nitrogens with one attached hydrogen (secondary N) is 1. The van der Waals surface area contributed by atoms with E-state index in [9.17, 15) is 0 Å². The van der Waals surface area contributed by atoms with Crippen molar-refractivity contribution in [2.45, 2.75) is 72.5 Å². The van der Waals surface area contributed by atoms with Crippen LogP contribution < -0.4 is 5.32 Å². The van der Waals surface area contributed by atoms with Crippen LogP contribution in [0.5, 0.6) is 0 Å². The Labute approximate surface area is 134 Å². The molecule has 21 heavy (non-hydrogen) atoms. The van der Waals surface area contributed by atoms with Gasteiger partial charge in [0.2, 0.25) is 0 Å². The molecule has 1 aliphatic heterocycles. The quantitative estimate of drug-likeness (QED) is 0.861. The summed E-state index contributed by atoms with van der Waals surface area (Å²) in [6.45, 7) is 15.7. The number of likely N-dealkylation sites (tertiary alicyclic amines) is 1. The second-order valence-corrected chi connectivity index (χ2v) is 8.23. The predicted octanol–water partition coefficient (Wildman–Crippen LogP) is 4.00. The maximum absolute atomic E-state index is 4.94. The first kappa shape index (κ1) is 16.9. The number of hydrogen-bond acceptors (Lipinski definition) is 4. The number of hydrogen-bond donors (Lipinski definition) is 1. The van der Waals surface area contributed by atoms with Crippen molar-refractivity contribution in [1.29, 1.82) is 0 Å². The minimum Gasteiger partial charge on any atom is -0.310 e. The fourth-order valence-corrected chi connectivity index (χ4v) is 3.98. The van der Waals surface area contributed by atoms with E-state index in [-0.39, 0.29) is 0 Å². The molecule has 0 radical (unpaired) electrons. The Kier molecular flexibility index (Phi) is 6.20. The van der Waals surface area contributed by atoms with Crippen LogP contribution in [0.3, 0.4) is 0 Å². The van der Waals surface area contributed by atoms with Gasteiger partial charge in [-0.05, 0) is 37.8 Å². The van der Waals surface area contributed by atoms with Crippen molar-refractivity contribution >= 4 is 11.3 Å². The lowest BCUT2D eigenvalue weighted by molar-refractivity contribution is 0.185. The van der Waals surface area contributed by atoms with Crippen LogP contribution in [0.15, 0.2) is 0 Å². The van der Waals surface area contributed by atoms with Crippen molar-refractivity contribution in [2.75, 3.05) is 13.1 Å². The highest BCUT2D eigenvalue weighted by Crippen LogP contribution is 2.27. The molecule has 0 aromatic carbocycles. The zero-order valence-electron chi connectivity index (χ0n) is 14.3. The van der Waals surface area contributed by atoms with Gasteiger partial charge >= 0.3 is 0 Å². The minimum absolute atomic E-state index is 0.514. The van der Waals surface area contributed by atoms with Crippen molar-refractivity contribution in [2.24, 2.45) is 5.92 Å². The molecule has 1 N–H and O–H groups in total. The van der Waals surface area contributed by atoms with E-state index in [1.54, 1.807) is 0 Å². The zero-order valence-corrected chi connectivity index (χ0v) is 15.1. The molecule has 2 heterocycles. The van der Waals surface area contributed by atoms with Crippen LogP contribution in [0.2, 0.25) is 0 Å². The molecule has 120 valence electrons. The fourth-order valence-electron chi connectivity index (χ4n) is 2.77. The largest absolute Gasteiger partial charge is 0.310 e. The Hall–Kier alpha value is -0.450. The molecule has 3 nitrogen and oxygen atoms in total. The maximum Gasteiger partial charge on any atom is 0.107 e. The number of rotatable bonds is 6. The molecule has 1 aliphatic rings. The lowest BCUT2D eigenvalue weighted by atomic mass is 9.99. The molecule has 0 saturated carbocycles. The number of thiazole rings is 1. The van der Waals surface area contributed by atoms with E-state index in [1.165, 1.54) is 41.5 Å². The normalized spacial score (nSPS) is 18.0. The molecule has 0 spiro atoms. The van der Waals surface area contributed by atoms with Crippen molar-refractivity contribution in [3.8, 4) is 0 Å². The highest BCUT2D eigenvalue weighted by atomic mass is 32.1. The highest BCUT2D eigenvalue weighted by Gasteiger charge is 2.19. The average molecular weight is 310 g/mol. The Morgan fingerprint density at radius 1 is 1.24 bits per heavy atom. The van der Waals surface area contributed by atoms with E-state index >= 15 is 0 Å². The van der Waals surface area contributed by atoms with Gasteiger partial charge in [0.1, 0.15) is 5.01 Å². The van der Waals surface area contributed by atoms with Gasteiger partial charge in [0, 0.05) is 17.5 Å². The van der Waals surface area contributed by atoms with Crippen LogP contribution >= 0.6 is 11.3 Å². The van der Waals surface area contributed by atoms with Gasteiger partial charge in [-0.3, -0.25) is 4.90 Å². The standard InChI is InChI=1S/C17H31N3S/c1-12(2)17-15(10-18-13(3)4)21-16(19-17)11-20-8-6-14(5)7-9-20/h12-14,18H,6-11H2,1-5H3. The van der Waals surface area contributed by atoms with Gasteiger partial charge < -0.3 is 5.32 Å². The van der Waals surface area contributed by atoms with Crippen molar-refractivity contribution in [1.82, 2.24) is 15.2 Å². The lowest BCUT2D eigenvalue weighted by Gasteiger charge is -2.29. The molecule has 2 rings (SSSR count). The molecular weight excluding hydrogens is 278 g/mol. The molecule has 1 aromatic heterocycles. The van der Waals surface area contributed by atoms with E-state index in [0.29, 0.717) is 12.0 Å². The molecule has 0 amide bonds. The van der Waals surface area contributed by atoms with Crippen LogP contribution in [-0.2, 0) is 13.1 Å². The van der Waals surface area contributed by atoms with E-state index in [2.05, 4.69) is 44.8 Å². The zero-order chi connectivity index (χ0) is 15.4. The first-order valence-electron chi connectivity index (χ1n) is 8.40. The maximum atomic E-state index is 4.94. The minimum atomic E-state index is 0.514. The van der Waals surface area contributed by atoms with Crippen LogP contribution in [-0.4, -0.2) is 29.0 Å². The third kappa shape index (κ3) is 5.04. The molecule has 4 heteroatoms. The predicted molar refractivity (Wildman–Crippen MR) is 91.9 cm³/mol. The highest BCUT2D eigenvalue weighted by molar-refractivity contribution is 7.11. The second-order valence-electron chi connectivity index (χ2n) is 7.06. The molecule has 0 unspecified atom stereocenters. The first-order valence-corrected chi connectivity index (χ1v) is 9.21. The van der Waals surface area contributed by atoms with Crippen LogP contribution in [0.1, 0.15) is 69.0 Å². The third-order valence-electron chi connectivity index (χ3n) is 4.22. The summed E-state index contributed by atoms with van der Waals surface area (Å²) in [5.74, 6) is 1.41. The van der Waals surface area contributed by atoms with Crippen LogP contribution in [0.4, 0.5) is 0 Å². The molecular formula is C17H31N3S. The van der Waals surface area contributed by atoms with E-state index in [1.807, 2.05) is 11.3 Å². The number of aromatic nitrogens is 1. The molecule has 1 saturated heterocycles. The van der Waals surface area contributed by atoms with Gasteiger partial charge in [-0.25, -0.2) is 4.98 Å². The summed E-state index contributed by atoms with van der Waals surface area (Å²) in [4.78, 5) is 8.94. The van der Waals surface area contributed by atoms with Crippen LogP contribution in [0, 0.1) is 5.92 Å². The van der Waals surface area contributed by atoms with Crippen molar-refractivity contribution in [3.05, 3.63) is 15.6 Å². The van der Waals surface area contributed by atoms with Crippen molar-refractivity contribution < 1.29 is 0 Å². The summed E-state index contributed by atoms with van der Waals surface area (Å²) in [5, 5.41) is 4.84. The van der Waals surface area contributed by atoms with Gasteiger partial charge in [-0.15, -0.1) is 11.3 Å². The van der Waals surface area contributed by atoms with Gasteiger partial charge in [-0.1, -0.05) is 34.6 Å². The summed E-state index contributed by atoms with van der Waals surface area (Å²) in [6.07, 6.45) is 2.67. The molecule has 0 bridgehead atoms. The fraction of sp³-hybridized carbons (Fsp3) is 0.824. The van der Waals surface area contributed by atoms with E-state index in [4.69, 9.17) is 4.98 Å². The Morgan fingerprint density at radius 2 is 1.90 bits per heavy atom. The number of piperidine rings is 1. The topological polar surface area (TPSA) is 28.2 Å². The Morgan fingerprint density at radius 3 is 2.48 bits per heavy atom.